The van der Waals surface area contributed by atoms with Crippen LogP contribution >= 0.6 is 0 Å². The highest BCUT2D eigenvalue weighted by Crippen LogP contribution is 2.27. The van der Waals surface area contributed by atoms with E-state index in [0.29, 0.717) is 22.5 Å². The van der Waals surface area contributed by atoms with Crippen LogP contribution in [0.25, 0.3) is 11.1 Å². The second-order valence-electron chi connectivity index (χ2n) is 8.64. The Hall–Kier alpha value is -3.97. The third-order valence-electron chi connectivity index (χ3n) is 6.20. The summed E-state index contributed by atoms with van der Waals surface area (Å²) in [5, 5.41) is 16.9. The Balaban J connectivity index is 1.58. The van der Waals surface area contributed by atoms with Crippen LogP contribution in [0.1, 0.15) is 40.9 Å². The summed E-state index contributed by atoms with van der Waals surface area (Å²) in [5.41, 5.74) is 5.50. The monoisotopic (exact) mass is 471 g/mol. The van der Waals surface area contributed by atoms with Gasteiger partial charge < -0.3 is 20.2 Å². The lowest BCUT2D eigenvalue weighted by molar-refractivity contribution is -0.119. The van der Waals surface area contributed by atoms with E-state index in [4.69, 9.17) is 4.84 Å². The fourth-order valence-corrected chi connectivity index (χ4v) is 4.39. The average Bonchev–Trinajstić information content (AvgIpc) is 3.28. The number of oxime groups is 1. The van der Waals surface area contributed by atoms with Crippen molar-refractivity contribution < 1.29 is 19.5 Å². The number of carbonyl (C=O) groups excluding carboxylic acids is 2. The van der Waals surface area contributed by atoms with Crippen LogP contribution in [0.4, 0.5) is 5.69 Å². The van der Waals surface area contributed by atoms with Crippen molar-refractivity contribution in [3.8, 4) is 11.1 Å². The molecule has 1 aliphatic rings. The quantitative estimate of drug-likeness (QED) is 0.515. The molecular weight excluding hydrogens is 442 g/mol. The first-order chi connectivity index (χ1) is 16.9. The fraction of sp³-hybridized carbons (Fsp3) is 0.250. The Labute approximate surface area is 205 Å². The maximum absolute atomic E-state index is 13.5. The Morgan fingerprint density at radius 1 is 1.06 bits per heavy atom. The molecule has 2 amide bonds. The zero-order valence-corrected chi connectivity index (χ0v) is 20.1. The van der Waals surface area contributed by atoms with E-state index < -0.39 is 12.1 Å². The molecule has 0 bridgehead atoms. The van der Waals surface area contributed by atoms with E-state index in [1.807, 2.05) is 43.3 Å². The van der Waals surface area contributed by atoms with E-state index in [9.17, 15) is 14.7 Å². The molecule has 1 unspecified atom stereocenters. The van der Waals surface area contributed by atoms with Gasteiger partial charge in [0, 0.05) is 23.2 Å². The van der Waals surface area contributed by atoms with E-state index in [1.165, 1.54) is 12.0 Å². The second-order valence-corrected chi connectivity index (χ2v) is 8.64. The minimum Gasteiger partial charge on any atom is -0.399 e. The molecular formula is C28H29N3O4. The summed E-state index contributed by atoms with van der Waals surface area (Å²) in [5.74, 6) is -0.601. The van der Waals surface area contributed by atoms with E-state index in [0.717, 1.165) is 16.7 Å². The largest absolute Gasteiger partial charge is 0.399 e. The van der Waals surface area contributed by atoms with E-state index in [1.54, 1.807) is 43.3 Å². The normalized spacial score (nSPS) is 17.3. The van der Waals surface area contributed by atoms with Gasteiger partial charge >= 0.3 is 0 Å². The number of likely N-dealkylation sites (tertiary alicyclic amines) is 1. The smallest absolute Gasteiger partial charge is 0.254 e. The summed E-state index contributed by atoms with van der Waals surface area (Å²) in [7, 11) is 1.44. The highest BCUT2D eigenvalue weighted by Gasteiger charge is 2.38. The number of amides is 2. The molecule has 0 aromatic heterocycles. The highest BCUT2D eigenvalue weighted by atomic mass is 16.6. The lowest BCUT2D eigenvalue weighted by Crippen LogP contribution is -2.43. The minimum atomic E-state index is -0.755. The molecule has 0 radical (unpaired) electrons. The van der Waals surface area contributed by atoms with Gasteiger partial charge in [0.15, 0.2) is 0 Å². The number of para-hydroxylation sites is 1. The van der Waals surface area contributed by atoms with Crippen molar-refractivity contribution in [1.82, 2.24) is 4.90 Å². The number of nitrogens with zero attached hydrogens (tertiary/aromatic N) is 2. The van der Waals surface area contributed by atoms with E-state index in [-0.39, 0.29) is 24.8 Å². The zero-order valence-electron chi connectivity index (χ0n) is 20.1. The molecule has 2 atom stereocenters. The summed E-state index contributed by atoms with van der Waals surface area (Å²) in [6.45, 7) is 3.89. The average molecular weight is 472 g/mol. The maximum Gasteiger partial charge on any atom is 0.254 e. The summed E-state index contributed by atoms with van der Waals surface area (Å²) in [6.07, 6.45) is -0.478. The summed E-state index contributed by atoms with van der Waals surface area (Å²) in [4.78, 5) is 33.2. The number of benzene rings is 3. The number of hydrogen-bond acceptors (Lipinski definition) is 5. The van der Waals surface area contributed by atoms with Crippen LogP contribution in [-0.2, 0) is 9.63 Å². The molecule has 1 heterocycles. The van der Waals surface area contributed by atoms with Crippen LogP contribution in [0.15, 0.2) is 78.0 Å². The molecule has 1 fully saturated rings. The second kappa shape index (κ2) is 10.5. The molecule has 180 valence electrons. The first-order valence-electron chi connectivity index (χ1n) is 11.5. The number of aliphatic hydroxyl groups excluding tert-OH is 1. The van der Waals surface area contributed by atoms with Crippen molar-refractivity contribution in [2.45, 2.75) is 32.4 Å². The number of anilines is 1. The van der Waals surface area contributed by atoms with Crippen molar-refractivity contribution in [3.63, 3.8) is 0 Å². The first-order valence-corrected chi connectivity index (χ1v) is 11.5. The van der Waals surface area contributed by atoms with Crippen LogP contribution in [0, 0.1) is 6.92 Å². The number of aryl methyl sites for hydroxylation is 1. The van der Waals surface area contributed by atoms with Crippen molar-refractivity contribution in [3.05, 3.63) is 89.5 Å². The Bertz CT molecular complexity index is 1250. The topological polar surface area (TPSA) is 91.2 Å². The van der Waals surface area contributed by atoms with E-state index >= 15 is 0 Å². The number of carbonyl (C=O) groups is 2. The van der Waals surface area contributed by atoms with Gasteiger partial charge in [-0.3, -0.25) is 9.59 Å². The molecule has 0 spiro atoms. The minimum absolute atomic E-state index is 0.197. The van der Waals surface area contributed by atoms with Gasteiger partial charge in [0.1, 0.15) is 13.2 Å². The van der Waals surface area contributed by atoms with Crippen LogP contribution in [0.3, 0.4) is 0 Å². The van der Waals surface area contributed by atoms with Gasteiger partial charge in [0.2, 0.25) is 5.91 Å². The van der Waals surface area contributed by atoms with Crippen LogP contribution < -0.4 is 5.32 Å². The summed E-state index contributed by atoms with van der Waals surface area (Å²) >= 11 is 0. The van der Waals surface area contributed by atoms with E-state index in [2.05, 4.69) is 10.5 Å². The standard InChI is InChI=1S/C28H29N3O4/c1-18-8-4-5-9-23(18)20-12-14-21(15-13-20)28(34)31-17-22(30-35-3)16-26(31)27(33)29-25-11-7-6-10-24(25)19(2)32/h4-15,19,26,32H,16-17H2,1-3H3,(H,29,33)/t19?,26-/m0/s1. The van der Waals surface area contributed by atoms with Crippen molar-refractivity contribution in [1.29, 1.82) is 0 Å². The summed E-state index contributed by atoms with van der Waals surface area (Å²) < 4.78 is 0. The number of rotatable bonds is 6. The molecule has 0 saturated carbocycles. The molecule has 0 aliphatic carbocycles. The van der Waals surface area contributed by atoms with Crippen molar-refractivity contribution in [2.24, 2.45) is 5.16 Å². The lowest BCUT2D eigenvalue weighted by atomic mass is 9.99. The zero-order chi connectivity index (χ0) is 24.9. The van der Waals surface area contributed by atoms with Crippen molar-refractivity contribution >= 4 is 23.2 Å². The van der Waals surface area contributed by atoms with Crippen molar-refractivity contribution in [2.75, 3.05) is 19.0 Å². The van der Waals surface area contributed by atoms with Crippen LogP contribution in [0.5, 0.6) is 0 Å². The third kappa shape index (κ3) is 5.25. The van der Waals surface area contributed by atoms with Crippen LogP contribution in [0.2, 0.25) is 0 Å². The lowest BCUT2D eigenvalue weighted by Gasteiger charge is -2.24. The predicted octanol–water partition coefficient (Wildman–Crippen LogP) is 4.57. The van der Waals surface area contributed by atoms with Gasteiger partial charge in [-0.2, -0.15) is 0 Å². The van der Waals surface area contributed by atoms with Crippen LogP contribution in [-0.4, -0.2) is 47.2 Å². The fourth-order valence-electron chi connectivity index (χ4n) is 4.39. The Kier molecular flexibility index (Phi) is 7.27. The molecule has 7 nitrogen and oxygen atoms in total. The van der Waals surface area contributed by atoms with Gasteiger partial charge in [-0.25, -0.2) is 0 Å². The Morgan fingerprint density at radius 3 is 2.43 bits per heavy atom. The molecule has 3 aromatic rings. The molecule has 7 heteroatoms. The highest BCUT2D eigenvalue weighted by molar-refractivity contribution is 6.08. The molecule has 3 aromatic carbocycles. The molecule has 35 heavy (non-hydrogen) atoms. The van der Waals surface area contributed by atoms with Gasteiger partial charge in [0.05, 0.1) is 18.4 Å². The SMILES string of the molecule is CON=C1C[C@@H](C(=O)Nc2ccccc2C(C)O)N(C(=O)c2ccc(-c3ccccc3C)cc2)C1. The summed E-state index contributed by atoms with van der Waals surface area (Å²) in [6, 6.07) is 21.8. The van der Waals surface area contributed by atoms with Gasteiger partial charge in [-0.05, 0) is 48.7 Å². The molecule has 4 rings (SSSR count). The number of hydrogen-bond donors (Lipinski definition) is 2. The predicted molar refractivity (Wildman–Crippen MR) is 136 cm³/mol. The van der Waals surface area contributed by atoms with Gasteiger partial charge in [-0.15, -0.1) is 0 Å². The maximum atomic E-state index is 13.5. The third-order valence-corrected chi connectivity index (χ3v) is 6.20. The van der Waals surface area contributed by atoms with Gasteiger partial charge in [0.25, 0.3) is 5.91 Å². The molecule has 2 N–H and O–H groups in total. The first kappa shape index (κ1) is 24.2. The molecule has 1 saturated heterocycles. The Morgan fingerprint density at radius 2 is 1.74 bits per heavy atom. The number of aliphatic hydroxyl groups is 1. The van der Waals surface area contributed by atoms with Gasteiger partial charge in [-0.1, -0.05) is 59.8 Å². The number of nitrogens with one attached hydrogen (secondary N) is 1. The molecule has 1 aliphatic heterocycles.